The number of carbonyl (C=O) groups is 2. The van der Waals surface area contributed by atoms with Crippen LogP contribution < -0.4 is 10.6 Å². The third-order valence-electron chi connectivity index (χ3n) is 3.80. The molecular weight excluding hydrogens is 358 g/mol. The second-order valence-corrected chi connectivity index (χ2v) is 5.75. The third kappa shape index (κ3) is 5.88. The Morgan fingerprint density at radius 1 is 1.18 bits per heavy atom. The lowest BCUT2D eigenvalue weighted by atomic mass is 10.1. The maximum Gasteiger partial charge on any atom is 0.340 e. The maximum absolute atomic E-state index is 12.2. The first kappa shape index (κ1) is 20.5. The molecule has 0 aliphatic heterocycles. The number of anilines is 1. The van der Waals surface area contributed by atoms with Crippen LogP contribution in [0.1, 0.15) is 22.8 Å². The third-order valence-corrected chi connectivity index (χ3v) is 3.80. The number of ether oxygens (including phenoxy) is 1. The molecule has 0 atom stereocenters. The standard InChI is InChI=1S/C21H21N3O4/c1-2-28-21(27)18-5-3-4-6-19(18)24-14-16(13-22)20(26)23-12-11-15-7-9-17(25)10-8-15/h3-10,14,24-25H,2,11-12H2,1H3,(H,23,26)/b16-14-. The van der Waals surface area contributed by atoms with E-state index in [1.54, 1.807) is 55.5 Å². The van der Waals surface area contributed by atoms with E-state index in [1.807, 2.05) is 6.07 Å². The van der Waals surface area contributed by atoms with Gasteiger partial charge >= 0.3 is 5.97 Å². The van der Waals surface area contributed by atoms with Crippen LogP contribution in [-0.2, 0) is 16.0 Å². The van der Waals surface area contributed by atoms with Crippen LogP contribution in [0.3, 0.4) is 0 Å². The molecule has 2 aromatic carbocycles. The van der Waals surface area contributed by atoms with Crippen LogP contribution in [0.25, 0.3) is 0 Å². The van der Waals surface area contributed by atoms with Gasteiger partial charge in [-0.2, -0.15) is 5.26 Å². The van der Waals surface area contributed by atoms with Crippen molar-refractivity contribution in [3.05, 3.63) is 71.4 Å². The molecule has 7 nitrogen and oxygen atoms in total. The van der Waals surface area contributed by atoms with E-state index in [0.717, 1.165) is 5.56 Å². The number of nitriles is 1. The first-order chi connectivity index (χ1) is 13.5. The highest BCUT2D eigenvalue weighted by Gasteiger charge is 2.12. The molecule has 0 radical (unpaired) electrons. The smallest absolute Gasteiger partial charge is 0.340 e. The van der Waals surface area contributed by atoms with Crippen molar-refractivity contribution in [2.24, 2.45) is 0 Å². The molecule has 0 spiro atoms. The van der Waals surface area contributed by atoms with Crippen molar-refractivity contribution in [3.8, 4) is 11.8 Å². The van der Waals surface area contributed by atoms with E-state index < -0.39 is 11.9 Å². The van der Waals surface area contributed by atoms with Crippen LogP contribution in [0, 0.1) is 11.3 Å². The number of nitrogens with one attached hydrogen (secondary N) is 2. The fraction of sp³-hybridized carbons (Fsp3) is 0.190. The van der Waals surface area contributed by atoms with E-state index in [1.165, 1.54) is 6.20 Å². The zero-order valence-electron chi connectivity index (χ0n) is 15.4. The van der Waals surface area contributed by atoms with Gasteiger partial charge in [0.15, 0.2) is 0 Å². The van der Waals surface area contributed by atoms with Crippen molar-refractivity contribution in [2.45, 2.75) is 13.3 Å². The summed E-state index contributed by atoms with van der Waals surface area (Å²) in [5.41, 5.74) is 1.57. The summed E-state index contributed by atoms with van der Waals surface area (Å²) in [5, 5.41) is 24.0. The Hall–Kier alpha value is -3.79. The topological polar surface area (TPSA) is 111 Å². The van der Waals surface area contributed by atoms with Crippen LogP contribution in [0.15, 0.2) is 60.3 Å². The number of phenolic OH excluding ortho intramolecular Hbond substituents is 1. The summed E-state index contributed by atoms with van der Waals surface area (Å²) in [6.07, 6.45) is 1.82. The van der Waals surface area contributed by atoms with E-state index in [-0.39, 0.29) is 17.9 Å². The van der Waals surface area contributed by atoms with Crippen molar-refractivity contribution in [3.63, 3.8) is 0 Å². The van der Waals surface area contributed by atoms with Crippen LogP contribution in [0.5, 0.6) is 5.75 Å². The molecule has 0 saturated carbocycles. The van der Waals surface area contributed by atoms with Crippen molar-refractivity contribution in [2.75, 3.05) is 18.5 Å². The first-order valence-electron chi connectivity index (χ1n) is 8.74. The molecule has 2 rings (SSSR count). The first-order valence-corrected chi connectivity index (χ1v) is 8.74. The van der Waals surface area contributed by atoms with Gasteiger partial charge in [-0.1, -0.05) is 24.3 Å². The van der Waals surface area contributed by atoms with Crippen molar-refractivity contribution >= 4 is 17.6 Å². The van der Waals surface area contributed by atoms with E-state index >= 15 is 0 Å². The minimum absolute atomic E-state index is 0.121. The number of nitrogens with zero attached hydrogens (tertiary/aromatic N) is 1. The zero-order valence-corrected chi connectivity index (χ0v) is 15.4. The monoisotopic (exact) mass is 379 g/mol. The number of carbonyl (C=O) groups excluding carboxylic acids is 2. The Balaban J connectivity index is 1.98. The highest BCUT2D eigenvalue weighted by molar-refractivity contribution is 5.98. The molecule has 7 heteroatoms. The van der Waals surface area contributed by atoms with Crippen LogP contribution in [0.4, 0.5) is 5.69 Å². The van der Waals surface area contributed by atoms with E-state index in [9.17, 15) is 20.0 Å². The Kier molecular flexibility index (Phi) is 7.61. The summed E-state index contributed by atoms with van der Waals surface area (Å²) >= 11 is 0. The number of aromatic hydroxyl groups is 1. The van der Waals surface area contributed by atoms with Crippen LogP contribution in [0.2, 0.25) is 0 Å². The molecule has 0 heterocycles. The number of rotatable bonds is 8. The number of hydrogen-bond donors (Lipinski definition) is 3. The largest absolute Gasteiger partial charge is 0.508 e. The lowest BCUT2D eigenvalue weighted by Crippen LogP contribution is -2.27. The summed E-state index contributed by atoms with van der Waals surface area (Å²) in [5.74, 6) is -0.838. The average Bonchev–Trinajstić information content (AvgIpc) is 2.70. The molecule has 0 aromatic heterocycles. The Labute approximate surface area is 163 Å². The van der Waals surface area contributed by atoms with E-state index in [4.69, 9.17) is 4.74 Å². The molecule has 0 bridgehead atoms. The normalized spacial score (nSPS) is 10.6. The van der Waals surface area contributed by atoms with Gasteiger partial charge in [-0.3, -0.25) is 4.79 Å². The SMILES string of the molecule is CCOC(=O)c1ccccc1N/C=C(/C#N)C(=O)NCCc1ccc(O)cc1. The number of hydrogen-bond acceptors (Lipinski definition) is 6. The molecule has 2 aromatic rings. The number of benzene rings is 2. The quantitative estimate of drug-likeness (QED) is 0.369. The molecular formula is C21H21N3O4. The Morgan fingerprint density at radius 2 is 1.89 bits per heavy atom. The molecule has 0 fully saturated rings. The molecule has 0 aliphatic carbocycles. The minimum atomic E-state index is -0.526. The van der Waals surface area contributed by atoms with Gasteiger partial charge in [-0.05, 0) is 43.2 Å². The average molecular weight is 379 g/mol. The van der Waals surface area contributed by atoms with Crippen molar-refractivity contribution in [1.29, 1.82) is 5.26 Å². The summed E-state index contributed by atoms with van der Waals surface area (Å²) in [7, 11) is 0. The zero-order chi connectivity index (χ0) is 20.4. The number of phenols is 1. The fourth-order valence-corrected chi connectivity index (χ4v) is 2.37. The molecule has 0 unspecified atom stereocenters. The second kappa shape index (κ2) is 10.4. The van der Waals surface area contributed by atoms with E-state index in [2.05, 4.69) is 10.6 Å². The van der Waals surface area contributed by atoms with Gasteiger partial charge in [-0.15, -0.1) is 0 Å². The molecule has 0 saturated heterocycles. The van der Waals surface area contributed by atoms with Gasteiger partial charge in [0.1, 0.15) is 17.4 Å². The Morgan fingerprint density at radius 3 is 2.57 bits per heavy atom. The van der Waals surface area contributed by atoms with Gasteiger partial charge < -0.3 is 20.5 Å². The Bertz CT molecular complexity index is 899. The molecule has 3 N–H and O–H groups in total. The molecule has 28 heavy (non-hydrogen) atoms. The van der Waals surface area contributed by atoms with E-state index in [0.29, 0.717) is 24.2 Å². The van der Waals surface area contributed by atoms with Crippen molar-refractivity contribution < 1.29 is 19.4 Å². The lowest BCUT2D eigenvalue weighted by molar-refractivity contribution is -0.117. The number of amides is 1. The number of esters is 1. The van der Waals surface area contributed by atoms with Gasteiger partial charge in [0.05, 0.1) is 17.9 Å². The minimum Gasteiger partial charge on any atom is -0.508 e. The van der Waals surface area contributed by atoms with Crippen LogP contribution >= 0.6 is 0 Å². The van der Waals surface area contributed by atoms with Gasteiger partial charge in [0.25, 0.3) is 5.91 Å². The predicted molar refractivity (Wildman–Crippen MR) is 105 cm³/mol. The number of para-hydroxylation sites is 1. The fourth-order valence-electron chi connectivity index (χ4n) is 2.37. The molecule has 144 valence electrons. The summed E-state index contributed by atoms with van der Waals surface area (Å²) in [4.78, 5) is 24.2. The van der Waals surface area contributed by atoms with Crippen molar-refractivity contribution in [1.82, 2.24) is 5.32 Å². The summed E-state index contributed by atoms with van der Waals surface area (Å²) in [6.45, 7) is 2.29. The van der Waals surface area contributed by atoms with Crippen LogP contribution in [-0.4, -0.2) is 30.1 Å². The predicted octanol–water partition coefficient (Wildman–Crippen LogP) is 2.75. The van der Waals surface area contributed by atoms with Gasteiger partial charge in [0, 0.05) is 12.7 Å². The second-order valence-electron chi connectivity index (χ2n) is 5.75. The lowest BCUT2D eigenvalue weighted by Gasteiger charge is -2.09. The summed E-state index contributed by atoms with van der Waals surface area (Å²) in [6, 6.07) is 15.2. The maximum atomic E-state index is 12.2. The highest BCUT2D eigenvalue weighted by Crippen LogP contribution is 2.16. The molecule has 1 amide bonds. The highest BCUT2D eigenvalue weighted by atomic mass is 16.5. The van der Waals surface area contributed by atoms with Gasteiger partial charge in [0.2, 0.25) is 0 Å². The summed E-state index contributed by atoms with van der Waals surface area (Å²) < 4.78 is 4.99. The molecule has 0 aliphatic rings. The van der Waals surface area contributed by atoms with Gasteiger partial charge in [-0.25, -0.2) is 4.79 Å².